The molecule has 0 aliphatic rings. The van der Waals surface area contributed by atoms with Crippen molar-refractivity contribution in [2.24, 2.45) is 5.73 Å². The van der Waals surface area contributed by atoms with Gasteiger partial charge in [-0.3, -0.25) is 5.73 Å². The summed E-state index contributed by atoms with van der Waals surface area (Å²) in [5, 5.41) is 22.6. The molecule has 18 heteroatoms. The fraction of sp³-hybridized carbons (Fsp3) is 0.188. The van der Waals surface area contributed by atoms with Crippen molar-refractivity contribution in [2.75, 3.05) is 6.61 Å². The van der Waals surface area contributed by atoms with Gasteiger partial charge in [0.25, 0.3) is 0 Å². The number of nitro groups is 1. The first kappa shape index (κ1) is 35.4. The molecule has 12 nitrogen and oxygen atoms in total. The van der Waals surface area contributed by atoms with Crippen LogP contribution in [0.2, 0.25) is 0 Å². The number of hydrogen-bond donors (Lipinski definition) is 2. The normalized spacial score (nSPS) is 13.0. The molecule has 260 valence electrons. The predicted octanol–water partition coefficient (Wildman–Crippen LogP) is 6.77. The second kappa shape index (κ2) is 14.3. The van der Waals surface area contributed by atoms with E-state index in [1.807, 2.05) is 0 Å². The molecular weight excluding hydrogens is 678 g/mol. The van der Waals surface area contributed by atoms with E-state index < -0.39 is 40.1 Å². The molecule has 0 aliphatic carbocycles. The maximum absolute atomic E-state index is 13.0. The van der Waals surface area contributed by atoms with E-state index in [9.17, 15) is 41.6 Å². The zero-order valence-corrected chi connectivity index (χ0v) is 25.4. The molecule has 0 aliphatic heterocycles. The maximum atomic E-state index is 13.0. The quantitative estimate of drug-likeness (QED) is 0.0609. The fourth-order valence-electron chi connectivity index (χ4n) is 4.45. The van der Waals surface area contributed by atoms with Crippen molar-refractivity contribution in [1.29, 1.82) is 0 Å². The highest BCUT2D eigenvalue weighted by molar-refractivity contribution is 5.37. The lowest BCUT2D eigenvalue weighted by molar-refractivity contribution is -0.394. The van der Waals surface area contributed by atoms with Crippen LogP contribution in [0.4, 0.5) is 32.3 Å². The minimum atomic E-state index is -4.58. The van der Waals surface area contributed by atoms with Gasteiger partial charge in [0.1, 0.15) is 23.3 Å². The molecule has 3 aromatic heterocycles. The van der Waals surface area contributed by atoms with Gasteiger partial charge in [-0.15, -0.1) is 0 Å². The van der Waals surface area contributed by atoms with E-state index in [2.05, 4.69) is 19.9 Å². The zero-order chi connectivity index (χ0) is 36.1. The Hall–Kier alpha value is -5.88. The summed E-state index contributed by atoms with van der Waals surface area (Å²) in [7, 11) is 0. The SMILES string of the molecule is NC(O)(Cc1ccc(Oc2cc(C(F)(F)F)ccn2)cc1)c1cnc([N+](=O)[O-])nc1OCCc1ccc(Oc2cc(C(F)(F)F)ccn2)cc1. The van der Waals surface area contributed by atoms with Gasteiger partial charge in [-0.2, -0.15) is 26.3 Å². The van der Waals surface area contributed by atoms with Gasteiger partial charge in [-0.1, -0.05) is 29.2 Å². The third-order valence-corrected chi connectivity index (χ3v) is 6.89. The molecule has 0 spiro atoms. The minimum Gasteiger partial charge on any atom is -0.465 e. The highest BCUT2D eigenvalue weighted by Gasteiger charge is 2.34. The third-order valence-electron chi connectivity index (χ3n) is 6.89. The number of nitrogens with two attached hydrogens (primary N) is 1. The molecular formula is C32H24F6N6O6. The van der Waals surface area contributed by atoms with E-state index in [4.69, 9.17) is 19.9 Å². The van der Waals surface area contributed by atoms with Gasteiger partial charge in [0.05, 0.1) is 17.7 Å². The number of halogens is 6. The predicted molar refractivity (Wildman–Crippen MR) is 161 cm³/mol. The summed E-state index contributed by atoms with van der Waals surface area (Å²) >= 11 is 0. The molecule has 50 heavy (non-hydrogen) atoms. The molecule has 0 amide bonds. The Morgan fingerprint density at radius 2 is 1.26 bits per heavy atom. The number of alkyl halides is 6. The van der Waals surface area contributed by atoms with Gasteiger partial charge >= 0.3 is 24.2 Å². The van der Waals surface area contributed by atoms with Crippen LogP contribution in [0, 0.1) is 10.1 Å². The number of pyridine rings is 2. The van der Waals surface area contributed by atoms with Crippen LogP contribution >= 0.6 is 0 Å². The Morgan fingerprint density at radius 1 is 0.760 bits per heavy atom. The Bertz CT molecular complexity index is 1960. The number of hydrogen-bond acceptors (Lipinski definition) is 11. The minimum absolute atomic E-state index is 0.0950. The van der Waals surface area contributed by atoms with Gasteiger partial charge in [-0.05, 0) is 57.4 Å². The standard InChI is InChI=1S/C32H24F6N6O6/c33-31(34,35)21-9-12-40-26(15-21)49-23-5-1-19(2-6-23)11-14-48-28-25(18-42-29(43-28)44(46)47)30(39,45)17-20-3-7-24(8-4-20)50-27-16-22(10-13-41-27)32(36,37)38/h1-10,12-13,15-16,18,45H,11,14,17,39H2. The maximum Gasteiger partial charge on any atom is 0.472 e. The van der Waals surface area contributed by atoms with E-state index in [1.54, 1.807) is 12.1 Å². The Morgan fingerprint density at radius 3 is 1.74 bits per heavy atom. The largest absolute Gasteiger partial charge is 0.472 e. The summed E-state index contributed by atoms with van der Waals surface area (Å²) in [6.07, 6.45) is -6.28. The molecule has 0 fully saturated rings. The zero-order valence-electron chi connectivity index (χ0n) is 25.4. The molecule has 0 saturated carbocycles. The van der Waals surface area contributed by atoms with Crippen LogP contribution in [-0.2, 0) is 30.9 Å². The van der Waals surface area contributed by atoms with E-state index in [-0.39, 0.29) is 54.2 Å². The van der Waals surface area contributed by atoms with Gasteiger partial charge in [-0.25, -0.2) is 9.97 Å². The lowest BCUT2D eigenvalue weighted by atomic mass is 9.97. The monoisotopic (exact) mass is 702 g/mol. The van der Waals surface area contributed by atoms with Crippen LogP contribution in [0.5, 0.6) is 29.1 Å². The number of ether oxygens (including phenoxy) is 3. The lowest BCUT2D eigenvalue weighted by Crippen LogP contribution is -2.39. The second-order valence-corrected chi connectivity index (χ2v) is 10.6. The highest BCUT2D eigenvalue weighted by atomic mass is 19.4. The fourth-order valence-corrected chi connectivity index (χ4v) is 4.45. The van der Waals surface area contributed by atoms with Crippen molar-refractivity contribution in [1.82, 2.24) is 19.9 Å². The van der Waals surface area contributed by atoms with Gasteiger partial charge in [0, 0.05) is 37.4 Å². The van der Waals surface area contributed by atoms with Crippen molar-refractivity contribution < 1.29 is 50.6 Å². The summed E-state index contributed by atoms with van der Waals surface area (Å²) in [5.41, 5.74) is 3.10. The van der Waals surface area contributed by atoms with Crippen molar-refractivity contribution >= 4 is 5.95 Å². The first-order valence-electron chi connectivity index (χ1n) is 14.3. The van der Waals surface area contributed by atoms with Gasteiger partial charge in [0.15, 0.2) is 5.72 Å². The molecule has 3 heterocycles. The summed E-state index contributed by atoms with van der Waals surface area (Å²) in [6, 6.07) is 15.2. The molecule has 0 radical (unpaired) electrons. The van der Waals surface area contributed by atoms with Crippen LogP contribution in [0.1, 0.15) is 27.8 Å². The van der Waals surface area contributed by atoms with Crippen molar-refractivity contribution in [3.8, 4) is 29.1 Å². The van der Waals surface area contributed by atoms with Crippen molar-refractivity contribution in [2.45, 2.75) is 30.9 Å². The topological polar surface area (TPSA) is 169 Å². The molecule has 0 bridgehead atoms. The van der Waals surface area contributed by atoms with Gasteiger partial charge < -0.3 is 29.4 Å². The Kier molecular flexibility index (Phi) is 10.1. The third kappa shape index (κ3) is 9.17. The molecule has 0 saturated heterocycles. The van der Waals surface area contributed by atoms with E-state index in [0.29, 0.717) is 11.1 Å². The number of rotatable bonds is 12. The number of benzene rings is 2. The van der Waals surface area contributed by atoms with E-state index >= 15 is 0 Å². The first-order chi connectivity index (χ1) is 23.6. The van der Waals surface area contributed by atoms with E-state index in [0.717, 1.165) is 42.9 Å². The van der Waals surface area contributed by atoms with Gasteiger partial charge in [0.2, 0.25) is 11.8 Å². The molecule has 2 aromatic carbocycles. The molecule has 1 atom stereocenters. The smallest absolute Gasteiger partial charge is 0.465 e. The van der Waals surface area contributed by atoms with E-state index in [1.165, 1.54) is 36.4 Å². The van der Waals surface area contributed by atoms with Crippen molar-refractivity contribution in [3.63, 3.8) is 0 Å². The summed E-state index contributed by atoms with van der Waals surface area (Å²) in [5.74, 6) is -1.34. The Balaban J connectivity index is 1.23. The average Bonchev–Trinajstić information content (AvgIpc) is 3.06. The molecule has 5 aromatic rings. The van der Waals surface area contributed by atoms with Crippen molar-refractivity contribution in [3.05, 3.63) is 129 Å². The summed E-state index contributed by atoms with van der Waals surface area (Å²) in [4.78, 5) is 25.5. The van der Waals surface area contributed by atoms with Crippen LogP contribution in [0.25, 0.3) is 0 Å². The molecule has 3 N–H and O–H groups in total. The van der Waals surface area contributed by atoms with Crippen LogP contribution in [-0.4, -0.2) is 36.6 Å². The average molecular weight is 703 g/mol. The Labute approximate surface area is 278 Å². The first-order valence-corrected chi connectivity index (χ1v) is 14.3. The molecule has 5 rings (SSSR count). The van der Waals surface area contributed by atoms with Crippen LogP contribution < -0.4 is 19.9 Å². The van der Waals surface area contributed by atoms with Crippen LogP contribution in [0.15, 0.2) is 91.4 Å². The molecule has 1 unspecified atom stereocenters. The van der Waals surface area contributed by atoms with Crippen LogP contribution in [0.3, 0.4) is 0 Å². The second-order valence-electron chi connectivity index (χ2n) is 10.6. The summed E-state index contributed by atoms with van der Waals surface area (Å²) < 4.78 is 94.5. The number of aromatic nitrogens is 4. The number of nitrogens with zero attached hydrogens (tertiary/aromatic N) is 5. The highest BCUT2D eigenvalue weighted by Crippen LogP contribution is 2.34. The summed E-state index contributed by atoms with van der Waals surface area (Å²) in [6.45, 7) is -0.0950. The number of aliphatic hydroxyl groups is 1. The lowest BCUT2D eigenvalue weighted by Gasteiger charge is -2.23.